The molecule has 2 aromatic carbocycles. The van der Waals surface area contributed by atoms with Crippen LogP contribution < -0.4 is 30.3 Å². The lowest BCUT2D eigenvalue weighted by molar-refractivity contribution is -0.136. The molecule has 192 valence electrons. The summed E-state index contributed by atoms with van der Waals surface area (Å²) in [5.41, 5.74) is 4.62. The first-order chi connectivity index (χ1) is 17.4. The zero-order valence-electron chi connectivity index (χ0n) is 20.5. The second-order valence-corrected chi connectivity index (χ2v) is 7.66. The lowest BCUT2D eigenvalue weighted by Crippen LogP contribution is -2.45. The summed E-state index contributed by atoms with van der Waals surface area (Å²) in [4.78, 5) is 24.4. The molecule has 4 N–H and O–H groups in total. The second kappa shape index (κ2) is 12.5. The number of esters is 1. The number of methoxy groups -OCH3 is 2. The molecule has 0 aliphatic carbocycles. The summed E-state index contributed by atoms with van der Waals surface area (Å²) in [7, 11) is 2.84. The summed E-state index contributed by atoms with van der Waals surface area (Å²) in [6, 6.07) is 11.2. The van der Waals surface area contributed by atoms with E-state index in [4.69, 9.17) is 18.9 Å². The summed E-state index contributed by atoms with van der Waals surface area (Å²) in [5.74, 6) is 0.844. The van der Waals surface area contributed by atoms with Gasteiger partial charge in [-0.1, -0.05) is 18.2 Å². The molecule has 2 amide bonds. The number of hydrogen-bond donors (Lipinski definition) is 4. The van der Waals surface area contributed by atoms with Crippen LogP contribution in [0.3, 0.4) is 0 Å². The van der Waals surface area contributed by atoms with Gasteiger partial charge in [0.15, 0.2) is 17.7 Å². The van der Waals surface area contributed by atoms with Crippen LogP contribution in [0, 0.1) is 0 Å². The van der Waals surface area contributed by atoms with Crippen molar-refractivity contribution in [2.24, 2.45) is 5.10 Å². The molecule has 1 aliphatic heterocycles. The van der Waals surface area contributed by atoms with E-state index in [1.807, 2.05) is 25.1 Å². The molecule has 0 saturated carbocycles. The van der Waals surface area contributed by atoms with E-state index in [0.29, 0.717) is 35.1 Å². The number of aliphatic hydroxyl groups is 1. The van der Waals surface area contributed by atoms with Gasteiger partial charge in [-0.2, -0.15) is 5.10 Å². The zero-order valence-corrected chi connectivity index (χ0v) is 20.5. The predicted molar refractivity (Wildman–Crippen MR) is 132 cm³/mol. The average Bonchev–Trinajstić information content (AvgIpc) is 2.87. The summed E-state index contributed by atoms with van der Waals surface area (Å²) < 4.78 is 21.6. The first-order valence-corrected chi connectivity index (χ1v) is 11.2. The first-order valence-electron chi connectivity index (χ1n) is 11.2. The van der Waals surface area contributed by atoms with E-state index in [9.17, 15) is 14.7 Å². The Bertz CT molecular complexity index is 1150. The van der Waals surface area contributed by atoms with Crippen LogP contribution in [0.25, 0.3) is 0 Å². The highest BCUT2D eigenvalue weighted by molar-refractivity contribution is 5.95. The lowest BCUT2D eigenvalue weighted by atomic mass is 9.95. The first kappa shape index (κ1) is 26.4. The molecule has 0 unspecified atom stereocenters. The minimum Gasteiger partial charge on any atom is -0.496 e. The van der Waals surface area contributed by atoms with E-state index in [2.05, 4.69) is 21.2 Å². The van der Waals surface area contributed by atoms with Gasteiger partial charge in [0.2, 0.25) is 0 Å². The Morgan fingerprint density at radius 1 is 1.17 bits per heavy atom. The Kier molecular flexibility index (Phi) is 9.12. The predicted octanol–water partition coefficient (Wildman–Crippen LogP) is 2.22. The van der Waals surface area contributed by atoms with Gasteiger partial charge in [-0.3, -0.25) is 5.43 Å². The van der Waals surface area contributed by atoms with Crippen LogP contribution >= 0.6 is 0 Å². The molecule has 1 heterocycles. The molecule has 1 aliphatic rings. The Hall–Kier alpha value is -4.25. The van der Waals surface area contributed by atoms with Crippen LogP contribution in [-0.4, -0.2) is 57.0 Å². The van der Waals surface area contributed by atoms with Gasteiger partial charge in [0.25, 0.3) is 0 Å². The number of nitrogens with zero attached hydrogens (tertiary/aromatic N) is 1. The summed E-state index contributed by atoms with van der Waals surface area (Å²) in [6.45, 7) is 3.67. The standard InChI is InChI=1S/C25H30N4O7/c1-5-35-20-12-16(23-22(24(31)34-4)15(2)27-25(32)28-23)10-11-19(20)36-14-21(30)29-26-13-17-8-6-7-9-18(17)33-3/h6-13,21,23,29-30H,5,14H2,1-4H3,(H2,27,28,32)/b26-13-/t21-,23+/m0/s1. The lowest BCUT2D eigenvalue weighted by Gasteiger charge is -2.28. The Morgan fingerprint density at radius 3 is 2.67 bits per heavy atom. The van der Waals surface area contributed by atoms with Crippen molar-refractivity contribution in [1.82, 2.24) is 16.1 Å². The number of hydrogen-bond acceptors (Lipinski definition) is 9. The van der Waals surface area contributed by atoms with Crippen LogP contribution in [0.2, 0.25) is 0 Å². The molecular weight excluding hydrogens is 468 g/mol. The van der Waals surface area contributed by atoms with Gasteiger partial charge in [0.1, 0.15) is 12.4 Å². The van der Waals surface area contributed by atoms with E-state index in [0.717, 1.165) is 5.56 Å². The van der Waals surface area contributed by atoms with Crippen LogP contribution in [0.4, 0.5) is 4.79 Å². The monoisotopic (exact) mass is 498 g/mol. The third-order valence-corrected chi connectivity index (χ3v) is 5.24. The molecular formula is C25H30N4O7. The number of allylic oxidation sites excluding steroid dienone is 1. The van der Waals surface area contributed by atoms with Gasteiger partial charge in [-0.25, -0.2) is 9.59 Å². The normalized spacial score (nSPS) is 16.1. The van der Waals surface area contributed by atoms with Crippen molar-refractivity contribution in [2.45, 2.75) is 26.1 Å². The van der Waals surface area contributed by atoms with Crippen LogP contribution in [0.1, 0.15) is 31.0 Å². The maximum absolute atomic E-state index is 12.4. The van der Waals surface area contributed by atoms with Crippen molar-refractivity contribution in [2.75, 3.05) is 27.4 Å². The number of ether oxygens (including phenoxy) is 4. The van der Waals surface area contributed by atoms with Crippen molar-refractivity contribution < 1.29 is 33.6 Å². The topological polar surface area (TPSA) is 140 Å². The molecule has 2 atom stereocenters. The fourth-order valence-electron chi connectivity index (χ4n) is 3.59. The molecule has 36 heavy (non-hydrogen) atoms. The molecule has 0 aromatic heterocycles. The SMILES string of the molecule is CCOc1cc([C@H]2NC(=O)NC(C)=C2C(=O)OC)ccc1OC[C@H](O)N/N=C\c1ccccc1OC. The molecule has 11 heteroatoms. The molecule has 11 nitrogen and oxygen atoms in total. The van der Waals surface area contributed by atoms with Gasteiger partial charge in [0, 0.05) is 11.3 Å². The maximum atomic E-state index is 12.4. The molecule has 0 spiro atoms. The van der Waals surface area contributed by atoms with Gasteiger partial charge in [0.05, 0.1) is 38.7 Å². The summed E-state index contributed by atoms with van der Waals surface area (Å²) in [6.07, 6.45) is 0.426. The van der Waals surface area contributed by atoms with Crippen molar-refractivity contribution in [3.05, 3.63) is 64.9 Å². The highest BCUT2D eigenvalue weighted by atomic mass is 16.5. The number of para-hydroxylation sites is 1. The Morgan fingerprint density at radius 2 is 1.94 bits per heavy atom. The number of amides is 2. The second-order valence-electron chi connectivity index (χ2n) is 7.66. The van der Waals surface area contributed by atoms with E-state index in [-0.39, 0.29) is 12.2 Å². The van der Waals surface area contributed by atoms with Gasteiger partial charge >= 0.3 is 12.0 Å². The molecule has 0 bridgehead atoms. The Labute approximate surface area is 209 Å². The zero-order chi connectivity index (χ0) is 26.1. The highest BCUT2D eigenvalue weighted by Crippen LogP contribution is 2.34. The average molecular weight is 499 g/mol. The summed E-state index contributed by atoms with van der Waals surface area (Å²) in [5, 5.41) is 19.6. The summed E-state index contributed by atoms with van der Waals surface area (Å²) >= 11 is 0. The van der Waals surface area contributed by atoms with E-state index < -0.39 is 24.3 Å². The van der Waals surface area contributed by atoms with Gasteiger partial charge in [-0.15, -0.1) is 0 Å². The smallest absolute Gasteiger partial charge is 0.337 e. The largest absolute Gasteiger partial charge is 0.496 e. The molecule has 0 fully saturated rings. The number of aliphatic hydroxyl groups excluding tert-OH is 1. The van der Waals surface area contributed by atoms with Crippen LogP contribution in [-0.2, 0) is 9.53 Å². The van der Waals surface area contributed by atoms with Crippen molar-refractivity contribution in [3.63, 3.8) is 0 Å². The fraction of sp³-hybridized carbons (Fsp3) is 0.320. The van der Waals surface area contributed by atoms with Crippen molar-refractivity contribution in [1.29, 1.82) is 0 Å². The fourth-order valence-corrected chi connectivity index (χ4v) is 3.59. The number of benzene rings is 2. The van der Waals surface area contributed by atoms with Crippen molar-refractivity contribution in [3.8, 4) is 17.2 Å². The number of urea groups is 1. The molecule has 0 saturated heterocycles. The molecule has 3 rings (SSSR count). The molecule has 2 aromatic rings. The Balaban J connectivity index is 1.71. The third kappa shape index (κ3) is 6.45. The molecule has 0 radical (unpaired) electrons. The minimum absolute atomic E-state index is 0.126. The van der Waals surface area contributed by atoms with E-state index >= 15 is 0 Å². The quantitative estimate of drug-likeness (QED) is 0.160. The van der Waals surface area contributed by atoms with Crippen molar-refractivity contribution >= 4 is 18.2 Å². The minimum atomic E-state index is -1.11. The van der Waals surface area contributed by atoms with Gasteiger partial charge in [-0.05, 0) is 43.7 Å². The number of carbonyl (C=O) groups is 2. The number of carbonyl (C=O) groups excluding carboxylic acids is 2. The number of hydrazone groups is 1. The number of rotatable bonds is 11. The van der Waals surface area contributed by atoms with E-state index in [1.165, 1.54) is 13.3 Å². The van der Waals surface area contributed by atoms with E-state index in [1.54, 1.807) is 38.3 Å². The third-order valence-electron chi connectivity index (χ3n) is 5.24. The highest BCUT2D eigenvalue weighted by Gasteiger charge is 2.32. The van der Waals surface area contributed by atoms with Gasteiger partial charge < -0.3 is 34.7 Å². The number of nitrogens with one attached hydrogen (secondary N) is 3. The van der Waals surface area contributed by atoms with Crippen LogP contribution in [0.15, 0.2) is 58.8 Å². The maximum Gasteiger partial charge on any atom is 0.337 e. The van der Waals surface area contributed by atoms with Crippen LogP contribution in [0.5, 0.6) is 17.2 Å².